The lowest BCUT2D eigenvalue weighted by Crippen LogP contribution is -2.25. The van der Waals surface area contributed by atoms with Crippen molar-refractivity contribution < 1.29 is 31.5 Å². The average molecular weight is 487 g/mol. The highest BCUT2D eigenvalue weighted by molar-refractivity contribution is 6.32. The number of halogens is 5. The normalized spacial score (nSPS) is 14.8. The van der Waals surface area contributed by atoms with E-state index in [2.05, 4.69) is 5.10 Å². The maximum atomic E-state index is 14.3. The van der Waals surface area contributed by atoms with Crippen molar-refractivity contribution in [2.45, 2.75) is 27.7 Å². The second-order valence-corrected chi connectivity index (χ2v) is 8.05. The van der Waals surface area contributed by atoms with Gasteiger partial charge in [-0.3, -0.25) is 9.59 Å². The van der Waals surface area contributed by atoms with Crippen molar-refractivity contribution in [3.8, 4) is 5.69 Å². The molecule has 0 saturated carbocycles. The summed E-state index contributed by atoms with van der Waals surface area (Å²) >= 11 is 0. The summed E-state index contributed by atoms with van der Waals surface area (Å²) in [5.41, 5.74) is 1.76. The van der Waals surface area contributed by atoms with Crippen LogP contribution in [-0.4, -0.2) is 22.0 Å². The Kier molecular flexibility index (Phi) is 5.92. The Hall–Kier alpha value is -4.08. The molecule has 0 radical (unpaired) electrons. The summed E-state index contributed by atoms with van der Waals surface area (Å²) in [6, 6.07) is 8.71. The van der Waals surface area contributed by atoms with Crippen LogP contribution in [0.15, 0.2) is 41.0 Å². The molecular formula is C25H18F5N3O2. The Morgan fingerprint density at radius 2 is 1.51 bits per heavy atom. The van der Waals surface area contributed by atoms with Crippen molar-refractivity contribution in [2.24, 2.45) is 5.10 Å². The lowest BCUT2D eigenvalue weighted by molar-refractivity contribution is -0.114. The van der Waals surface area contributed by atoms with Crippen LogP contribution in [0.1, 0.15) is 41.2 Å². The van der Waals surface area contributed by atoms with Crippen LogP contribution >= 0.6 is 0 Å². The molecule has 0 atom stereocenters. The molecule has 1 aliphatic rings. The number of hydrogen-bond acceptors (Lipinski definition) is 3. The average Bonchev–Trinajstić information content (AvgIpc) is 3.26. The number of benzene rings is 2. The van der Waals surface area contributed by atoms with Gasteiger partial charge in [-0.1, -0.05) is 12.1 Å². The van der Waals surface area contributed by atoms with Gasteiger partial charge in [0.25, 0.3) is 5.91 Å². The summed E-state index contributed by atoms with van der Waals surface area (Å²) in [5, 5.41) is 3.92. The van der Waals surface area contributed by atoms with Gasteiger partial charge in [0.2, 0.25) is 5.82 Å². The topological polar surface area (TPSA) is 54.7 Å². The monoisotopic (exact) mass is 487 g/mol. The third kappa shape index (κ3) is 3.84. The van der Waals surface area contributed by atoms with Gasteiger partial charge in [-0.05, 0) is 57.5 Å². The van der Waals surface area contributed by atoms with Gasteiger partial charge in [-0.15, -0.1) is 0 Å². The van der Waals surface area contributed by atoms with Crippen molar-refractivity contribution in [1.82, 2.24) is 4.57 Å². The van der Waals surface area contributed by atoms with Gasteiger partial charge in [0.05, 0.1) is 11.3 Å². The smallest absolute Gasteiger partial charge is 0.280 e. The third-order valence-corrected chi connectivity index (χ3v) is 5.74. The fraction of sp³-hybridized carbons (Fsp3) is 0.160. The SMILES string of the molecule is CC(=O)c1cccc(-n2c(C)cc(/C=C3/C(=O)N(c4c(F)c(F)c(F)c(F)c4F)N=C3C)c2C)c1. The van der Waals surface area contributed by atoms with Crippen LogP contribution in [0.25, 0.3) is 11.8 Å². The molecule has 35 heavy (non-hydrogen) atoms. The maximum absolute atomic E-state index is 14.3. The van der Waals surface area contributed by atoms with Crippen LogP contribution in [0.2, 0.25) is 0 Å². The number of nitrogens with zero attached hydrogens (tertiary/aromatic N) is 3. The molecule has 0 fully saturated rings. The predicted molar refractivity (Wildman–Crippen MR) is 120 cm³/mol. The van der Waals surface area contributed by atoms with Crippen LogP contribution in [0.4, 0.5) is 27.6 Å². The molecule has 2 aromatic carbocycles. The zero-order valence-corrected chi connectivity index (χ0v) is 19.0. The maximum Gasteiger partial charge on any atom is 0.280 e. The fourth-order valence-electron chi connectivity index (χ4n) is 3.97. The Balaban J connectivity index is 1.78. The summed E-state index contributed by atoms with van der Waals surface area (Å²) in [5.74, 6) is -12.1. The Morgan fingerprint density at radius 1 is 0.914 bits per heavy atom. The van der Waals surface area contributed by atoms with Gasteiger partial charge < -0.3 is 4.57 Å². The van der Waals surface area contributed by atoms with E-state index in [0.717, 1.165) is 5.69 Å². The predicted octanol–water partition coefficient (Wildman–Crippen LogP) is 5.80. The van der Waals surface area contributed by atoms with Crippen LogP contribution in [0.5, 0.6) is 0 Å². The van der Waals surface area contributed by atoms with Crippen molar-refractivity contribution in [3.63, 3.8) is 0 Å². The molecular weight excluding hydrogens is 469 g/mol. The molecule has 1 aromatic heterocycles. The molecule has 1 amide bonds. The first kappa shape index (κ1) is 24.1. The first-order valence-electron chi connectivity index (χ1n) is 10.4. The van der Waals surface area contributed by atoms with E-state index in [1.54, 1.807) is 31.2 Å². The minimum atomic E-state index is -2.33. The number of carbonyl (C=O) groups excluding carboxylic acids is 2. The van der Waals surface area contributed by atoms with Crippen molar-refractivity contribution >= 4 is 29.2 Å². The second-order valence-electron chi connectivity index (χ2n) is 8.05. The summed E-state index contributed by atoms with van der Waals surface area (Å²) < 4.78 is 71.2. The summed E-state index contributed by atoms with van der Waals surface area (Å²) in [4.78, 5) is 24.7. The number of hydrazone groups is 1. The van der Waals surface area contributed by atoms with Gasteiger partial charge >= 0.3 is 0 Å². The number of anilines is 1. The van der Waals surface area contributed by atoms with Gasteiger partial charge in [0, 0.05) is 22.6 Å². The van der Waals surface area contributed by atoms with E-state index >= 15 is 0 Å². The molecule has 0 spiro atoms. The highest BCUT2D eigenvalue weighted by atomic mass is 19.2. The van der Waals surface area contributed by atoms with Crippen LogP contribution in [0.3, 0.4) is 0 Å². The van der Waals surface area contributed by atoms with E-state index < -0.39 is 40.7 Å². The molecule has 180 valence electrons. The van der Waals surface area contributed by atoms with E-state index in [1.165, 1.54) is 19.9 Å². The number of rotatable bonds is 4. The molecule has 3 aromatic rings. The number of carbonyl (C=O) groups is 2. The van der Waals surface area contributed by atoms with Crippen molar-refractivity contribution in [3.05, 3.63) is 87.5 Å². The van der Waals surface area contributed by atoms with E-state index in [-0.39, 0.29) is 22.1 Å². The molecule has 10 heteroatoms. The Labute approximate surface area is 196 Å². The number of hydrogen-bond donors (Lipinski definition) is 0. The number of Topliss-reactive ketones (excluding diaryl/α,β-unsaturated/α-hetero) is 1. The van der Waals surface area contributed by atoms with E-state index in [4.69, 9.17) is 0 Å². The van der Waals surface area contributed by atoms with Gasteiger partial charge in [0.1, 0.15) is 5.69 Å². The van der Waals surface area contributed by atoms with Crippen LogP contribution < -0.4 is 5.01 Å². The standard InChI is InChI=1S/C25H18F5N3O2/c1-11-8-16(13(3)32(11)17-7-5-6-15(9-17)14(4)34)10-18-12(2)31-33(25(18)35)24-22(29)20(27)19(26)21(28)23(24)30/h5-10H,1-4H3/b18-10+. The first-order valence-corrected chi connectivity index (χ1v) is 10.4. The first-order chi connectivity index (χ1) is 16.4. The second kappa shape index (κ2) is 8.61. The zero-order valence-electron chi connectivity index (χ0n) is 19.0. The van der Waals surface area contributed by atoms with Crippen LogP contribution in [-0.2, 0) is 4.79 Å². The molecule has 2 heterocycles. The molecule has 4 rings (SSSR count). The molecule has 1 aliphatic heterocycles. The van der Waals surface area contributed by atoms with Gasteiger partial charge in [-0.2, -0.15) is 10.1 Å². The van der Waals surface area contributed by atoms with Crippen molar-refractivity contribution in [1.29, 1.82) is 0 Å². The fourth-order valence-corrected chi connectivity index (χ4v) is 3.97. The number of aryl methyl sites for hydroxylation is 1. The van der Waals surface area contributed by atoms with Crippen molar-refractivity contribution in [2.75, 3.05) is 5.01 Å². The molecule has 0 saturated heterocycles. The summed E-state index contributed by atoms with van der Waals surface area (Å²) in [6.45, 7) is 6.42. The zero-order chi connectivity index (χ0) is 25.8. The molecule has 5 nitrogen and oxygen atoms in total. The minimum Gasteiger partial charge on any atom is -0.318 e. The molecule has 0 bridgehead atoms. The molecule has 0 N–H and O–H groups in total. The highest BCUT2D eigenvalue weighted by Gasteiger charge is 2.37. The third-order valence-electron chi connectivity index (χ3n) is 5.74. The van der Waals surface area contributed by atoms with E-state index in [1.807, 2.05) is 17.6 Å². The lowest BCUT2D eigenvalue weighted by Gasteiger charge is -2.15. The van der Waals surface area contributed by atoms with Crippen LogP contribution in [0, 0.1) is 42.9 Å². The lowest BCUT2D eigenvalue weighted by atomic mass is 10.1. The Bertz CT molecular complexity index is 1460. The number of ketones is 1. The number of aromatic nitrogens is 1. The highest BCUT2D eigenvalue weighted by Crippen LogP contribution is 2.34. The number of amides is 1. The van der Waals surface area contributed by atoms with Gasteiger partial charge in [-0.25, -0.2) is 22.0 Å². The van der Waals surface area contributed by atoms with E-state index in [9.17, 15) is 31.5 Å². The van der Waals surface area contributed by atoms with E-state index in [0.29, 0.717) is 22.5 Å². The minimum absolute atomic E-state index is 0.0299. The largest absolute Gasteiger partial charge is 0.318 e. The quantitative estimate of drug-likeness (QED) is 0.154. The molecule has 0 unspecified atom stereocenters. The Morgan fingerprint density at radius 3 is 2.11 bits per heavy atom. The molecule has 0 aliphatic carbocycles. The summed E-state index contributed by atoms with van der Waals surface area (Å²) in [7, 11) is 0. The summed E-state index contributed by atoms with van der Waals surface area (Å²) in [6.07, 6.45) is 1.43. The van der Waals surface area contributed by atoms with Gasteiger partial charge in [0.15, 0.2) is 29.1 Å².